The summed E-state index contributed by atoms with van der Waals surface area (Å²) in [4.78, 5) is 54.1. The van der Waals surface area contributed by atoms with Crippen molar-refractivity contribution in [2.45, 2.75) is 39.3 Å². The van der Waals surface area contributed by atoms with E-state index in [0.29, 0.717) is 17.7 Å². The fourth-order valence-corrected chi connectivity index (χ4v) is 4.04. The quantitative estimate of drug-likeness (QED) is 0.799. The zero-order chi connectivity index (χ0) is 20.6. The molecule has 0 aromatic heterocycles. The number of para-hydroxylation sites is 1. The lowest BCUT2D eigenvalue weighted by atomic mass is 9.98. The molecule has 1 saturated heterocycles. The summed E-state index contributed by atoms with van der Waals surface area (Å²) in [6.07, 6.45) is 0.704. The van der Waals surface area contributed by atoms with Crippen LogP contribution >= 0.6 is 0 Å². The van der Waals surface area contributed by atoms with Gasteiger partial charge in [0.05, 0.1) is 11.3 Å². The number of aliphatic carboxylic acids is 1. The molecule has 150 valence electrons. The first-order valence-electron chi connectivity index (χ1n) is 9.38. The maximum absolute atomic E-state index is 13.2. The molecule has 0 saturated carbocycles. The molecule has 1 fully saturated rings. The van der Waals surface area contributed by atoms with Gasteiger partial charge in [-0.15, -0.1) is 0 Å². The molecule has 0 spiro atoms. The zero-order valence-electron chi connectivity index (χ0n) is 16.3. The summed E-state index contributed by atoms with van der Waals surface area (Å²) in [6.45, 7) is 5.15. The van der Waals surface area contributed by atoms with Crippen molar-refractivity contribution < 1.29 is 24.3 Å². The lowest BCUT2D eigenvalue weighted by Gasteiger charge is -2.48. The van der Waals surface area contributed by atoms with Crippen LogP contribution in [0.2, 0.25) is 0 Å². The fourth-order valence-electron chi connectivity index (χ4n) is 4.04. The number of hydrogen-bond donors (Lipinski definition) is 1. The standard InChI is InChI=1S/C20H25N3O5/c1-13(2)10-21(12-18(26)27)17(25)11-22-19(28)14-6-4-5-7-15(14)23-16(24)8-9-20(22,23)3/h4-7,13H,8-12H2,1-3H3,(H,26,27). The van der Waals surface area contributed by atoms with Crippen LogP contribution in [0.4, 0.5) is 5.69 Å². The number of rotatable bonds is 6. The molecule has 1 N–H and O–H groups in total. The van der Waals surface area contributed by atoms with Crippen LogP contribution < -0.4 is 4.90 Å². The number of benzene rings is 1. The molecule has 2 aliphatic heterocycles. The van der Waals surface area contributed by atoms with Crippen LogP contribution in [0.15, 0.2) is 24.3 Å². The summed E-state index contributed by atoms with van der Waals surface area (Å²) >= 11 is 0. The Labute approximate surface area is 163 Å². The van der Waals surface area contributed by atoms with Crippen molar-refractivity contribution in [1.29, 1.82) is 0 Å². The second-order valence-electron chi connectivity index (χ2n) is 7.92. The number of anilines is 1. The van der Waals surface area contributed by atoms with Gasteiger partial charge in [-0.05, 0) is 31.4 Å². The number of hydrogen-bond acceptors (Lipinski definition) is 4. The molecule has 28 heavy (non-hydrogen) atoms. The van der Waals surface area contributed by atoms with Gasteiger partial charge in [0.15, 0.2) is 0 Å². The van der Waals surface area contributed by atoms with Gasteiger partial charge < -0.3 is 14.9 Å². The molecule has 3 amide bonds. The van der Waals surface area contributed by atoms with Crippen LogP contribution in [0.5, 0.6) is 0 Å². The van der Waals surface area contributed by atoms with Crippen LogP contribution in [0.3, 0.4) is 0 Å². The minimum Gasteiger partial charge on any atom is -0.480 e. The van der Waals surface area contributed by atoms with E-state index in [1.54, 1.807) is 36.1 Å². The van der Waals surface area contributed by atoms with E-state index >= 15 is 0 Å². The highest BCUT2D eigenvalue weighted by Gasteiger charge is 2.53. The number of amides is 3. The number of nitrogens with zero attached hydrogens (tertiary/aromatic N) is 3. The summed E-state index contributed by atoms with van der Waals surface area (Å²) in [5, 5.41) is 9.14. The molecule has 8 nitrogen and oxygen atoms in total. The Hall–Kier alpha value is -2.90. The molecule has 1 unspecified atom stereocenters. The van der Waals surface area contributed by atoms with Crippen molar-refractivity contribution in [3.63, 3.8) is 0 Å². The Morgan fingerprint density at radius 1 is 1.25 bits per heavy atom. The number of carboxylic acids is 1. The maximum Gasteiger partial charge on any atom is 0.323 e. The summed E-state index contributed by atoms with van der Waals surface area (Å²) in [5.74, 6) is -1.87. The second-order valence-corrected chi connectivity index (χ2v) is 7.92. The molecule has 1 aromatic rings. The molecule has 2 aliphatic rings. The molecule has 0 aliphatic carbocycles. The molecule has 1 atom stereocenters. The Kier molecular flexibility index (Phi) is 5.14. The first-order chi connectivity index (χ1) is 13.1. The van der Waals surface area contributed by atoms with Gasteiger partial charge in [0, 0.05) is 13.0 Å². The van der Waals surface area contributed by atoms with Gasteiger partial charge in [0.1, 0.15) is 18.8 Å². The van der Waals surface area contributed by atoms with E-state index in [1.807, 2.05) is 13.8 Å². The van der Waals surface area contributed by atoms with Crippen molar-refractivity contribution in [1.82, 2.24) is 9.80 Å². The van der Waals surface area contributed by atoms with Crippen LogP contribution in [-0.2, 0) is 14.4 Å². The van der Waals surface area contributed by atoms with E-state index in [0.717, 1.165) is 0 Å². The molecule has 3 rings (SSSR count). The van der Waals surface area contributed by atoms with E-state index in [1.165, 1.54) is 9.80 Å². The SMILES string of the molecule is CC(C)CN(CC(=O)O)C(=O)CN1C(=O)c2ccccc2N2C(=O)CCC12C. The highest BCUT2D eigenvalue weighted by Crippen LogP contribution is 2.43. The summed E-state index contributed by atoms with van der Waals surface area (Å²) < 4.78 is 0. The molecule has 8 heteroatoms. The first-order valence-corrected chi connectivity index (χ1v) is 9.38. The monoisotopic (exact) mass is 387 g/mol. The van der Waals surface area contributed by atoms with Crippen molar-refractivity contribution in [2.24, 2.45) is 5.92 Å². The van der Waals surface area contributed by atoms with Gasteiger partial charge in [-0.3, -0.25) is 24.1 Å². The molecule has 2 heterocycles. The Bertz CT molecular complexity index is 837. The van der Waals surface area contributed by atoms with Gasteiger partial charge in [-0.1, -0.05) is 26.0 Å². The normalized spacial score (nSPS) is 21.0. The predicted molar refractivity (Wildman–Crippen MR) is 102 cm³/mol. The maximum atomic E-state index is 13.2. The molecule has 0 radical (unpaired) electrons. The average Bonchev–Trinajstić information content (AvgIpc) is 2.93. The number of carbonyl (C=O) groups is 4. The Morgan fingerprint density at radius 2 is 1.93 bits per heavy atom. The third kappa shape index (κ3) is 3.34. The summed E-state index contributed by atoms with van der Waals surface area (Å²) in [7, 11) is 0. The lowest BCUT2D eigenvalue weighted by molar-refractivity contribution is -0.145. The second kappa shape index (κ2) is 7.26. The third-order valence-electron chi connectivity index (χ3n) is 5.30. The Morgan fingerprint density at radius 3 is 2.57 bits per heavy atom. The van der Waals surface area contributed by atoms with E-state index in [-0.39, 0.29) is 37.2 Å². The molecule has 1 aromatic carbocycles. The minimum absolute atomic E-state index is 0.0845. The van der Waals surface area contributed by atoms with Crippen molar-refractivity contribution in [2.75, 3.05) is 24.5 Å². The van der Waals surface area contributed by atoms with E-state index in [4.69, 9.17) is 5.11 Å². The largest absolute Gasteiger partial charge is 0.480 e. The topological polar surface area (TPSA) is 98.2 Å². The third-order valence-corrected chi connectivity index (χ3v) is 5.30. The van der Waals surface area contributed by atoms with Gasteiger partial charge in [0.2, 0.25) is 11.8 Å². The lowest BCUT2D eigenvalue weighted by Crippen LogP contribution is -2.64. The smallest absolute Gasteiger partial charge is 0.323 e. The van der Waals surface area contributed by atoms with Crippen molar-refractivity contribution in [3.05, 3.63) is 29.8 Å². The predicted octanol–water partition coefficient (Wildman–Crippen LogP) is 1.55. The minimum atomic E-state index is -1.10. The summed E-state index contributed by atoms with van der Waals surface area (Å²) in [6, 6.07) is 6.87. The molecular weight excluding hydrogens is 362 g/mol. The van der Waals surface area contributed by atoms with Crippen LogP contribution in [0.1, 0.15) is 44.0 Å². The zero-order valence-corrected chi connectivity index (χ0v) is 16.3. The van der Waals surface area contributed by atoms with Gasteiger partial charge in [-0.25, -0.2) is 0 Å². The summed E-state index contributed by atoms with van der Waals surface area (Å²) in [5.41, 5.74) is -0.00676. The molecular formula is C20H25N3O5. The van der Waals surface area contributed by atoms with Crippen molar-refractivity contribution in [3.8, 4) is 0 Å². The number of fused-ring (bicyclic) bond motifs is 3. The van der Waals surface area contributed by atoms with Crippen molar-refractivity contribution >= 4 is 29.4 Å². The Balaban J connectivity index is 1.94. The average molecular weight is 387 g/mol. The molecule has 0 bridgehead atoms. The number of carbonyl (C=O) groups excluding carboxylic acids is 3. The first kappa shape index (κ1) is 19.9. The van der Waals surface area contributed by atoms with E-state index in [2.05, 4.69) is 0 Å². The van der Waals surface area contributed by atoms with E-state index < -0.39 is 24.1 Å². The van der Waals surface area contributed by atoms with Crippen LogP contribution in [0.25, 0.3) is 0 Å². The van der Waals surface area contributed by atoms with E-state index in [9.17, 15) is 19.2 Å². The van der Waals surface area contributed by atoms with Gasteiger partial charge in [0.25, 0.3) is 5.91 Å². The highest BCUT2D eigenvalue weighted by molar-refractivity contribution is 6.11. The van der Waals surface area contributed by atoms with Gasteiger partial charge >= 0.3 is 5.97 Å². The fraction of sp³-hybridized carbons (Fsp3) is 0.500. The van der Waals surface area contributed by atoms with Crippen LogP contribution in [-0.4, -0.2) is 63.9 Å². The van der Waals surface area contributed by atoms with Crippen LogP contribution in [0, 0.1) is 5.92 Å². The van der Waals surface area contributed by atoms with Gasteiger partial charge in [-0.2, -0.15) is 0 Å². The number of carboxylic acid groups (broad SMARTS) is 1. The highest BCUT2D eigenvalue weighted by atomic mass is 16.4.